The van der Waals surface area contributed by atoms with E-state index in [1.165, 1.54) is 7.11 Å². The third kappa shape index (κ3) is 12.3. The molecule has 0 aromatic heterocycles. The molecule has 7 unspecified atom stereocenters. The van der Waals surface area contributed by atoms with Gasteiger partial charge in [0.1, 0.15) is 6.04 Å². The minimum Gasteiger partial charge on any atom is -0.379 e. The first kappa shape index (κ1) is 44.1. The Balaban J connectivity index is 2.28. The summed E-state index contributed by atoms with van der Waals surface area (Å²) in [6, 6.07) is 7.31. The SMILES string of the molecule is CCC(C)C(C(CC(=O)N1CCCC1C(CC(=O)NCCc1ccccc1)S(=O)(=O)CC)OC)N(C)C(=O)C(NC(=O)C(NC)C(C)C)C(C)C. The highest BCUT2D eigenvalue weighted by atomic mass is 32.2. The van der Waals surface area contributed by atoms with Crippen molar-refractivity contribution in [2.75, 3.05) is 40.0 Å². The molecule has 2 rings (SSSR count). The van der Waals surface area contributed by atoms with Gasteiger partial charge in [-0.3, -0.25) is 19.2 Å². The Labute approximate surface area is 307 Å². The Hall–Kier alpha value is -3.03. The van der Waals surface area contributed by atoms with Crippen LogP contribution in [0.2, 0.25) is 0 Å². The highest BCUT2D eigenvalue weighted by Crippen LogP contribution is 2.30. The van der Waals surface area contributed by atoms with E-state index in [2.05, 4.69) is 16.0 Å². The minimum atomic E-state index is -3.69. The molecule has 1 heterocycles. The molecule has 0 bridgehead atoms. The predicted octanol–water partition coefficient (Wildman–Crippen LogP) is 3.19. The highest BCUT2D eigenvalue weighted by Gasteiger charge is 2.44. The number of amides is 4. The Morgan fingerprint density at radius 2 is 1.61 bits per heavy atom. The second kappa shape index (κ2) is 20.9. The summed E-state index contributed by atoms with van der Waals surface area (Å²) in [7, 11) is 1.22. The number of carbonyl (C=O) groups excluding carboxylic acids is 4. The summed E-state index contributed by atoms with van der Waals surface area (Å²) >= 11 is 0. The van der Waals surface area contributed by atoms with Crippen LogP contribution in [-0.2, 0) is 40.2 Å². The number of likely N-dealkylation sites (N-methyl/N-ethyl adjacent to an activating group) is 2. The Morgan fingerprint density at radius 3 is 2.14 bits per heavy atom. The van der Waals surface area contributed by atoms with Crippen LogP contribution in [-0.4, -0.2) is 117 Å². The molecule has 1 aromatic rings. The number of hydrogen-bond donors (Lipinski definition) is 3. The molecule has 1 fully saturated rings. The number of nitrogens with zero attached hydrogens (tertiary/aromatic N) is 2. The van der Waals surface area contributed by atoms with Gasteiger partial charge in [-0.2, -0.15) is 0 Å². The van der Waals surface area contributed by atoms with E-state index in [1.807, 2.05) is 71.9 Å². The smallest absolute Gasteiger partial charge is 0.245 e. The molecule has 1 aliphatic heterocycles. The van der Waals surface area contributed by atoms with Gasteiger partial charge in [0.2, 0.25) is 23.6 Å². The molecule has 51 heavy (non-hydrogen) atoms. The van der Waals surface area contributed by atoms with E-state index >= 15 is 0 Å². The van der Waals surface area contributed by atoms with Crippen LogP contribution in [0.15, 0.2) is 30.3 Å². The van der Waals surface area contributed by atoms with Crippen LogP contribution in [0.4, 0.5) is 0 Å². The van der Waals surface area contributed by atoms with Crippen molar-refractivity contribution in [1.82, 2.24) is 25.8 Å². The van der Waals surface area contributed by atoms with E-state index in [9.17, 15) is 27.6 Å². The average molecular weight is 736 g/mol. The van der Waals surface area contributed by atoms with Gasteiger partial charge in [-0.15, -0.1) is 0 Å². The number of rotatable bonds is 21. The second-order valence-electron chi connectivity index (χ2n) is 14.6. The van der Waals surface area contributed by atoms with Crippen molar-refractivity contribution in [1.29, 1.82) is 0 Å². The lowest BCUT2D eigenvalue weighted by atomic mass is 9.89. The number of sulfone groups is 1. The maximum absolute atomic E-state index is 14.1. The van der Waals surface area contributed by atoms with Crippen molar-refractivity contribution < 1.29 is 32.3 Å². The number of ether oxygens (including phenoxy) is 1. The average Bonchev–Trinajstić information content (AvgIpc) is 3.58. The number of carbonyl (C=O) groups is 4. The summed E-state index contributed by atoms with van der Waals surface area (Å²) in [5.41, 5.74) is 1.07. The standard InChI is InChI=1S/C38H65N5O7S/c1-11-27(7)36(42(9)38(47)35(26(5)6)41-37(46)34(39-8)25(3)4)30(50-10)23-33(45)43-22-16-19-29(43)31(51(48,49)12-2)24-32(44)40-21-20-28-17-14-13-15-18-28/h13-15,17-18,25-27,29-31,34-36,39H,11-12,16,19-24H2,1-10H3,(H,40,44)(H,41,46). The first-order valence-electron chi connectivity index (χ1n) is 18.6. The molecule has 3 N–H and O–H groups in total. The van der Waals surface area contributed by atoms with Gasteiger partial charge in [0.15, 0.2) is 9.84 Å². The molecular weight excluding hydrogens is 671 g/mol. The maximum atomic E-state index is 14.1. The van der Waals surface area contributed by atoms with E-state index < -0.39 is 45.4 Å². The topological polar surface area (TPSA) is 154 Å². The van der Waals surface area contributed by atoms with Crippen molar-refractivity contribution in [3.05, 3.63) is 35.9 Å². The molecule has 1 aliphatic rings. The van der Waals surface area contributed by atoms with Gasteiger partial charge < -0.3 is 30.5 Å². The summed E-state index contributed by atoms with van der Waals surface area (Å²) in [6.07, 6.45) is 1.41. The van der Waals surface area contributed by atoms with Crippen molar-refractivity contribution in [3.8, 4) is 0 Å². The monoisotopic (exact) mass is 735 g/mol. The van der Waals surface area contributed by atoms with Crippen LogP contribution >= 0.6 is 0 Å². The highest BCUT2D eigenvalue weighted by molar-refractivity contribution is 7.92. The van der Waals surface area contributed by atoms with E-state index in [0.29, 0.717) is 38.8 Å². The molecule has 0 saturated carbocycles. The lowest BCUT2D eigenvalue weighted by Gasteiger charge is -2.40. The van der Waals surface area contributed by atoms with Crippen molar-refractivity contribution in [2.24, 2.45) is 17.8 Å². The van der Waals surface area contributed by atoms with Gasteiger partial charge in [0.05, 0.1) is 29.9 Å². The van der Waals surface area contributed by atoms with Gasteiger partial charge in [-0.1, -0.05) is 85.2 Å². The minimum absolute atomic E-state index is 0.0164. The van der Waals surface area contributed by atoms with Crippen molar-refractivity contribution >= 4 is 33.5 Å². The molecule has 0 radical (unpaired) electrons. The van der Waals surface area contributed by atoms with Gasteiger partial charge in [-0.05, 0) is 49.6 Å². The summed E-state index contributed by atoms with van der Waals surface area (Å²) in [4.78, 5) is 57.7. The number of nitrogens with one attached hydrogen (secondary N) is 3. The predicted molar refractivity (Wildman–Crippen MR) is 202 cm³/mol. The van der Waals surface area contributed by atoms with Gasteiger partial charge in [0, 0.05) is 45.5 Å². The van der Waals surface area contributed by atoms with Crippen LogP contribution < -0.4 is 16.0 Å². The summed E-state index contributed by atoms with van der Waals surface area (Å²) < 4.78 is 32.8. The summed E-state index contributed by atoms with van der Waals surface area (Å²) in [5.74, 6) is -1.56. The number of hydrogen-bond acceptors (Lipinski definition) is 8. The molecule has 7 atom stereocenters. The van der Waals surface area contributed by atoms with Gasteiger partial charge >= 0.3 is 0 Å². The molecule has 0 aliphatic carbocycles. The summed E-state index contributed by atoms with van der Waals surface area (Å²) in [5, 5.41) is 7.83. The summed E-state index contributed by atoms with van der Waals surface area (Å²) in [6.45, 7) is 14.0. The van der Waals surface area contributed by atoms with Gasteiger partial charge in [-0.25, -0.2) is 8.42 Å². The zero-order chi connectivity index (χ0) is 38.5. The Morgan fingerprint density at radius 1 is 0.980 bits per heavy atom. The van der Waals surface area contributed by atoms with Gasteiger partial charge in [0.25, 0.3) is 0 Å². The van der Waals surface area contributed by atoms with E-state index in [4.69, 9.17) is 4.74 Å². The van der Waals surface area contributed by atoms with Crippen LogP contribution in [0.25, 0.3) is 0 Å². The third-order valence-electron chi connectivity index (χ3n) is 10.4. The van der Waals surface area contributed by atoms with Crippen LogP contribution in [0.1, 0.15) is 86.1 Å². The fourth-order valence-electron chi connectivity index (χ4n) is 7.21. The zero-order valence-electron chi connectivity index (χ0n) is 32.6. The first-order chi connectivity index (χ1) is 24.0. The molecule has 13 heteroatoms. The van der Waals surface area contributed by atoms with E-state index in [-0.39, 0.29) is 60.0 Å². The Bertz CT molecular complexity index is 1370. The third-order valence-corrected chi connectivity index (χ3v) is 12.7. The van der Waals surface area contributed by atoms with E-state index in [1.54, 1.807) is 30.8 Å². The van der Waals surface area contributed by atoms with Crippen LogP contribution in [0.3, 0.4) is 0 Å². The fourth-order valence-corrected chi connectivity index (χ4v) is 8.81. The molecular formula is C38H65N5O7S. The normalized spacial score (nSPS) is 18.5. The second-order valence-corrected chi connectivity index (χ2v) is 17.1. The first-order valence-corrected chi connectivity index (χ1v) is 20.3. The van der Waals surface area contributed by atoms with Crippen molar-refractivity contribution in [2.45, 2.75) is 123 Å². The Kier molecular flexibility index (Phi) is 18.1. The molecule has 0 spiro atoms. The fraction of sp³-hybridized carbons (Fsp3) is 0.737. The van der Waals surface area contributed by atoms with Crippen LogP contribution in [0.5, 0.6) is 0 Å². The molecule has 4 amide bonds. The maximum Gasteiger partial charge on any atom is 0.245 e. The number of methoxy groups -OCH3 is 1. The lowest BCUT2D eigenvalue weighted by Crippen LogP contribution is -2.59. The largest absolute Gasteiger partial charge is 0.379 e. The molecule has 290 valence electrons. The lowest BCUT2D eigenvalue weighted by molar-refractivity contribution is -0.146. The molecule has 1 saturated heterocycles. The molecule has 1 aromatic carbocycles. The zero-order valence-corrected chi connectivity index (χ0v) is 33.4. The van der Waals surface area contributed by atoms with Crippen molar-refractivity contribution in [3.63, 3.8) is 0 Å². The van der Waals surface area contributed by atoms with E-state index in [0.717, 1.165) is 5.56 Å². The quantitative estimate of drug-likeness (QED) is 0.174. The number of benzene rings is 1. The van der Waals surface area contributed by atoms with Crippen LogP contribution in [0, 0.1) is 17.8 Å². The number of likely N-dealkylation sites (tertiary alicyclic amines) is 1. The molecule has 12 nitrogen and oxygen atoms in total.